The van der Waals surface area contributed by atoms with Gasteiger partial charge in [0.05, 0.1) is 19.5 Å². The molecule has 3 heteroatoms. The first-order valence-corrected chi connectivity index (χ1v) is 13.4. The van der Waals surface area contributed by atoms with Crippen LogP contribution in [0.5, 0.6) is 0 Å². The molecule has 0 amide bonds. The lowest BCUT2D eigenvalue weighted by Gasteiger charge is -2.48. The molecule has 2 aromatic rings. The van der Waals surface area contributed by atoms with Gasteiger partial charge in [-0.3, -0.25) is 4.90 Å². The van der Waals surface area contributed by atoms with Crippen LogP contribution in [0, 0.1) is 5.92 Å². The predicted molar refractivity (Wildman–Crippen MR) is 144 cm³/mol. The normalized spacial score (nSPS) is 30.3. The van der Waals surface area contributed by atoms with E-state index in [0.717, 1.165) is 25.1 Å². The molecule has 4 atom stereocenters. The summed E-state index contributed by atoms with van der Waals surface area (Å²) in [6.45, 7) is 11.2. The average Bonchev–Trinajstić information content (AvgIpc) is 3.34. The lowest BCUT2D eigenvalue weighted by Crippen LogP contribution is -2.53. The van der Waals surface area contributed by atoms with Gasteiger partial charge >= 0.3 is 0 Å². The SMILES string of the molecule is CCO/C=C/[C@@]1(c2ccccc2)[C@H]2CCCC3=C(c4ccccc4)C=C(OCC)[C@@]32N(CC)[C@@H]1C. The van der Waals surface area contributed by atoms with E-state index in [1.165, 1.54) is 23.1 Å². The summed E-state index contributed by atoms with van der Waals surface area (Å²) in [5.74, 6) is 1.49. The highest BCUT2D eigenvalue weighted by molar-refractivity contribution is 5.84. The van der Waals surface area contributed by atoms with Gasteiger partial charge in [-0.15, -0.1) is 0 Å². The zero-order valence-corrected chi connectivity index (χ0v) is 21.7. The smallest absolute Gasteiger partial charge is 0.121 e. The molecule has 35 heavy (non-hydrogen) atoms. The molecule has 0 N–H and O–H groups in total. The minimum absolute atomic E-state index is 0.180. The van der Waals surface area contributed by atoms with Gasteiger partial charge in [0.1, 0.15) is 11.3 Å². The maximum absolute atomic E-state index is 6.59. The van der Waals surface area contributed by atoms with Gasteiger partial charge in [0.2, 0.25) is 0 Å². The van der Waals surface area contributed by atoms with Gasteiger partial charge in [0.25, 0.3) is 0 Å². The fraction of sp³-hybridized carbons (Fsp3) is 0.438. The molecule has 5 rings (SSSR count). The van der Waals surface area contributed by atoms with Gasteiger partial charge in [-0.1, -0.05) is 67.6 Å². The maximum Gasteiger partial charge on any atom is 0.121 e. The van der Waals surface area contributed by atoms with Crippen LogP contribution in [-0.4, -0.2) is 36.2 Å². The van der Waals surface area contributed by atoms with Gasteiger partial charge in [-0.05, 0) is 81.0 Å². The summed E-state index contributed by atoms with van der Waals surface area (Å²) in [7, 11) is 0. The number of allylic oxidation sites excluding steroid dienone is 2. The number of hydrogen-bond acceptors (Lipinski definition) is 3. The number of ether oxygens (including phenoxy) is 2. The van der Waals surface area contributed by atoms with E-state index in [1.807, 2.05) is 6.26 Å². The zero-order valence-electron chi connectivity index (χ0n) is 21.7. The molecule has 184 valence electrons. The summed E-state index contributed by atoms with van der Waals surface area (Å²) in [6, 6.07) is 22.3. The molecule has 3 nitrogen and oxygen atoms in total. The quantitative estimate of drug-likeness (QED) is 0.384. The predicted octanol–water partition coefficient (Wildman–Crippen LogP) is 7.13. The van der Waals surface area contributed by atoms with E-state index >= 15 is 0 Å². The van der Waals surface area contributed by atoms with Crippen LogP contribution >= 0.6 is 0 Å². The van der Waals surface area contributed by atoms with E-state index in [2.05, 4.69) is 105 Å². The molecule has 2 aliphatic carbocycles. The van der Waals surface area contributed by atoms with Crippen LogP contribution in [0.1, 0.15) is 58.1 Å². The molecule has 1 aliphatic heterocycles. The van der Waals surface area contributed by atoms with Crippen molar-refractivity contribution in [1.82, 2.24) is 4.90 Å². The minimum Gasteiger partial charge on any atom is -0.502 e. The van der Waals surface area contributed by atoms with E-state index in [-0.39, 0.29) is 17.0 Å². The number of hydrogen-bond donors (Lipinski definition) is 0. The second kappa shape index (κ2) is 9.70. The summed E-state index contributed by atoms with van der Waals surface area (Å²) in [5.41, 5.74) is 5.15. The first-order chi connectivity index (χ1) is 17.2. The summed E-state index contributed by atoms with van der Waals surface area (Å²) >= 11 is 0. The van der Waals surface area contributed by atoms with Crippen molar-refractivity contribution < 1.29 is 9.47 Å². The van der Waals surface area contributed by atoms with Gasteiger partial charge in [0, 0.05) is 17.4 Å². The topological polar surface area (TPSA) is 21.7 Å². The van der Waals surface area contributed by atoms with Crippen molar-refractivity contribution in [3.63, 3.8) is 0 Å². The number of likely N-dealkylation sites (N-methyl/N-ethyl adjacent to an activating group) is 1. The fourth-order valence-corrected chi connectivity index (χ4v) is 7.52. The maximum atomic E-state index is 6.59. The van der Waals surface area contributed by atoms with Crippen LogP contribution in [0.4, 0.5) is 0 Å². The van der Waals surface area contributed by atoms with Crippen molar-refractivity contribution in [2.45, 2.75) is 64.0 Å². The van der Waals surface area contributed by atoms with Gasteiger partial charge in [-0.2, -0.15) is 0 Å². The van der Waals surface area contributed by atoms with Crippen molar-refractivity contribution in [2.75, 3.05) is 19.8 Å². The lowest BCUT2D eigenvalue weighted by atomic mass is 9.58. The Kier molecular flexibility index (Phi) is 6.63. The molecule has 0 aromatic heterocycles. The standard InChI is InChI=1S/C32H39NO2/c1-5-33-24(4)31(21-22-34-6-2,26-17-12-9-13-18-26)29-20-14-19-28-27(25-15-10-8-11-16-25)23-30(35-7-3)32(28,29)33/h8-13,15-18,21-24,29H,5-7,14,19-20H2,1-4H3/b22-21+/t24-,29-,31-,32-/m1/s1. The van der Waals surface area contributed by atoms with Crippen LogP contribution in [0.25, 0.3) is 5.57 Å². The van der Waals surface area contributed by atoms with Crippen molar-refractivity contribution in [3.8, 4) is 0 Å². The Morgan fingerprint density at radius 1 is 0.971 bits per heavy atom. The monoisotopic (exact) mass is 469 g/mol. The van der Waals surface area contributed by atoms with E-state index in [0.29, 0.717) is 19.1 Å². The van der Waals surface area contributed by atoms with Crippen LogP contribution in [0.15, 0.2) is 90.4 Å². The van der Waals surface area contributed by atoms with Gasteiger partial charge in [-0.25, -0.2) is 0 Å². The van der Waals surface area contributed by atoms with Crippen molar-refractivity contribution in [2.24, 2.45) is 5.92 Å². The average molecular weight is 470 g/mol. The third-order valence-corrected chi connectivity index (χ3v) is 8.65. The van der Waals surface area contributed by atoms with E-state index < -0.39 is 0 Å². The fourth-order valence-electron chi connectivity index (χ4n) is 7.52. The molecule has 0 unspecified atom stereocenters. The highest BCUT2D eigenvalue weighted by Gasteiger charge is 2.69. The third-order valence-electron chi connectivity index (χ3n) is 8.65. The number of rotatable bonds is 8. The van der Waals surface area contributed by atoms with E-state index in [1.54, 1.807) is 5.57 Å². The minimum atomic E-state index is -0.236. The second-order valence-electron chi connectivity index (χ2n) is 9.93. The van der Waals surface area contributed by atoms with Crippen molar-refractivity contribution >= 4 is 5.57 Å². The van der Waals surface area contributed by atoms with E-state index in [9.17, 15) is 0 Å². The molecule has 0 bridgehead atoms. The highest BCUT2D eigenvalue weighted by atomic mass is 16.5. The Morgan fingerprint density at radius 2 is 1.69 bits per heavy atom. The lowest BCUT2D eigenvalue weighted by molar-refractivity contribution is 0.0626. The first-order valence-electron chi connectivity index (χ1n) is 13.4. The molecule has 1 heterocycles. The van der Waals surface area contributed by atoms with Crippen LogP contribution < -0.4 is 0 Å². The Hall–Kier alpha value is -2.78. The zero-order chi connectivity index (χ0) is 24.5. The van der Waals surface area contributed by atoms with Crippen molar-refractivity contribution in [1.29, 1.82) is 0 Å². The van der Waals surface area contributed by atoms with Crippen LogP contribution in [-0.2, 0) is 14.9 Å². The van der Waals surface area contributed by atoms with Gasteiger partial charge < -0.3 is 9.47 Å². The Bertz CT molecular complexity index is 1120. The van der Waals surface area contributed by atoms with Crippen LogP contribution in [0.2, 0.25) is 0 Å². The number of likely N-dealkylation sites (tertiary alicyclic amines) is 1. The van der Waals surface area contributed by atoms with Crippen LogP contribution in [0.3, 0.4) is 0 Å². The summed E-state index contributed by atoms with van der Waals surface area (Å²) in [5, 5.41) is 0. The molecular formula is C32H39NO2. The number of nitrogens with zero attached hydrogens (tertiary/aromatic N) is 1. The molecule has 2 aromatic carbocycles. The van der Waals surface area contributed by atoms with E-state index in [4.69, 9.17) is 9.47 Å². The number of benzene rings is 2. The summed E-state index contributed by atoms with van der Waals surface area (Å²) in [4.78, 5) is 2.74. The Labute approximate surface area is 211 Å². The largest absolute Gasteiger partial charge is 0.502 e. The van der Waals surface area contributed by atoms with Crippen molar-refractivity contribution in [3.05, 3.63) is 102 Å². The summed E-state index contributed by atoms with van der Waals surface area (Å²) < 4.78 is 12.4. The molecular weight excluding hydrogens is 430 g/mol. The summed E-state index contributed by atoms with van der Waals surface area (Å²) in [6.07, 6.45) is 10.2. The molecule has 1 saturated carbocycles. The highest BCUT2D eigenvalue weighted by Crippen LogP contribution is 2.66. The molecule has 2 fully saturated rings. The first kappa shape index (κ1) is 23.9. The molecule has 1 spiro atoms. The molecule has 0 radical (unpaired) electrons. The third kappa shape index (κ3) is 3.42. The van der Waals surface area contributed by atoms with Gasteiger partial charge in [0.15, 0.2) is 0 Å². The Morgan fingerprint density at radius 3 is 2.34 bits per heavy atom. The molecule has 3 aliphatic rings. The Balaban J connectivity index is 1.80. The molecule has 1 saturated heterocycles. The second-order valence-corrected chi connectivity index (χ2v) is 9.93.